The molecule has 2 amide bonds. The lowest BCUT2D eigenvalue weighted by Crippen LogP contribution is -2.54. The predicted molar refractivity (Wildman–Crippen MR) is 166 cm³/mol. The van der Waals surface area contributed by atoms with Crippen LogP contribution in [0.1, 0.15) is 30.5 Å². The van der Waals surface area contributed by atoms with Crippen molar-refractivity contribution in [3.63, 3.8) is 0 Å². The van der Waals surface area contributed by atoms with Crippen LogP contribution in [0.15, 0.2) is 114 Å². The van der Waals surface area contributed by atoms with E-state index in [9.17, 15) is 22.4 Å². The van der Waals surface area contributed by atoms with E-state index in [2.05, 4.69) is 5.32 Å². The van der Waals surface area contributed by atoms with Gasteiger partial charge in [-0.05, 0) is 73.9 Å². The molecular formula is C34H36FN3O4S. The number of amides is 2. The summed E-state index contributed by atoms with van der Waals surface area (Å²) in [4.78, 5) is 29.5. The van der Waals surface area contributed by atoms with Crippen molar-refractivity contribution in [1.82, 2.24) is 10.2 Å². The maximum absolute atomic E-state index is 14.4. The van der Waals surface area contributed by atoms with Crippen molar-refractivity contribution in [2.24, 2.45) is 0 Å². The van der Waals surface area contributed by atoms with Crippen LogP contribution in [0.3, 0.4) is 0 Å². The van der Waals surface area contributed by atoms with Crippen LogP contribution >= 0.6 is 0 Å². The molecule has 0 saturated carbocycles. The van der Waals surface area contributed by atoms with Crippen LogP contribution in [0.2, 0.25) is 0 Å². The van der Waals surface area contributed by atoms with Crippen LogP contribution in [0.5, 0.6) is 0 Å². The van der Waals surface area contributed by atoms with Gasteiger partial charge in [-0.1, -0.05) is 72.8 Å². The van der Waals surface area contributed by atoms with Gasteiger partial charge in [-0.3, -0.25) is 13.9 Å². The fourth-order valence-electron chi connectivity index (χ4n) is 4.76. The highest BCUT2D eigenvalue weighted by molar-refractivity contribution is 7.92. The molecule has 0 radical (unpaired) electrons. The highest BCUT2D eigenvalue weighted by atomic mass is 32.2. The Kier molecular flexibility index (Phi) is 10.3. The van der Waals surface area contributed by atoms with Crippen LogP contribution in [0.4, 0.5) is 10.1 Å². The van der Waals surface area contributed by atoms with Gasteiger partial charge in [0, 0.05) is 19.0 Å². The molecule has 4 aromatic carbocycles. The van der Waals surface area contributed by atoms with Crippen molar-refractivity contribution >= 4 is 27.5 Å². The molecule has 43 heavy (non-hydrogen) atoms. The zero-order valence-corrected chi connectivity index (χ0v) is 25.3. The molecule has 0 aromatic heterocycles. The third-order valence-electron chi connectivity index (χ3n) is 7.03. The van der Waals surface area contributed by atoms with Gasteiger partial charge in [0.2, 0.25) is 11.8 Å². The lowest BCUT2D eigenvalue weighted by Gasteiger charge is -2.34. The molecule has 224 valence electrons. The van der Waals surface area contributed by atoms with Gasteiger partial charge in [-0.2, -0.15) is 0 Å². The number of hydrogen-bond donors (Lipinski definition) is 1. The summed E-state index contributed by atoms with van der Waals surface area (Å²) in [5, 5.41) is 2.94. The number of halogens is 1. The molecule has 0 spiro atoms. The lowest BCUT2D eigenvalue weighted by atomic mass is 10.0. The van der Waals surface area contributed by atoms with Gasteiger partial charge >= 0.3 is 0 Å². The van der Waals surface area contributed by atoms with E-state index in [1.54, 1.807) is 18.2 Å². The van der Waals surface area contributed by atoms with E-state index < -0.39 is 34.3 Å². The molecule has 0 aliphatic heterocycles. The average molecular weight is 602 g/mol. The summed E-state index contributed by atoms with van der Waals surface area (Å²) in [7, 11) is -4.24. The van der Waals surface area contributed by atoms with Gasteiger partial charge in [0.1, 0.15) is 18.4 Å². The van der Waals surface area contributed by atoms with Gasteiger partial charge in [0.25, 0.3) is 10.0 Å². The first-order valence-corrected chi connectivity index (χ1v) is 15.5. The number of rotatable bonds is 12. The summed E-state index contributed by atoms with van der Waals surface area (Å²) in [6.45, 7) is 5.08. The Morgan fingerprint density at radius 2 is 1.40 bits per heavy atom. The number of hydrogen-bond acceptors (Lipinski definition) is 4. The predicted octanol–water partition coefficient (Wildman–Crippen LogP) is 5.49. The molecule has 1 N–H and O–H groups in total. The number of anilines is 1. The van der Waals surface area contributed by atoms with Crippen molar-refractivity contribution in [3.05, 3.63) is 132 Å². The van der Waals surface area contributed by atoms with E-state index in [0.717, 1.165) is 33.1 Å². The normalized spacial score (nSPS) is 12.0. The second-order valence-electron chi connectivity index (χ2n) is 10.6. The summed E-state index contributed by atoms with van der Waals surface area (Å²) >= 11 is 0. The summed E-state index contributed by atoms with van der Waals surface area (Å²) in [5.74, 6) is -1.46. The average Bonchev–Trinajstić information content (AvgIpc) is 2.99. The number of nitrogens with zero attached hydrogens (tertiary/aromatic N) is 2. The monoisotopic (exact) mass is 601 g/mol. The molecule has 0 fully saturated rings. The van der Waals surface area contributed by atoms with Crippen LogP contribution in [0.25, 0.3) is 0 Å². The van der Waals surface area contributed by atoms with Crippen molar-refractivity contribution in [2.45, 2.75) is 50.7 Å². The van der Waals surface area contributed by atoms with Crippen molar-refractivity contribution < 1.29 is 22.4 Å². The molecule has 4 rings (SSSR count). The Hall–Kier alpha value is -4.50. The SMILES string of the molecule is Cc1ccccc1CN(C(=O)CN(c1ccc(F)cc1)S(=O)(=O)c1ccccc1)[C@H](Cc1ccccc1)C(=O)NC(C)C. The Morgan fingerprint density at radius 1 is 0.814 bits per heavy atom. The third-order valence-corrected chi connectivity index (χ3v) is 8.82. The van der Waals surface area contributed by atoms with Crippen LogP contribution in [-0.4, -0.2) is 43.8 Å². The molecule has 1 atom stereocenters. The minimum Gasteiger partial charge on any atom is -0.352 e. The molecule has 0 aliphatic rings. The second kappa shape index (κ2) is 14.1. The number of carbonyl (C=O) groups excluding carboxylic acids is 2. The summed E-state index contributed by atoms with van der Waals surface area (Å²) in [6.07, 6.45) is 0.221. The van der Waals surface area contributed by atoms with Crippen molar-refractivity contribution in [2.75, 3.05) is 10.8 Å². The molecule has 7 nitrogen and oxygen atoms in total. The first kappa shape index (κ1) is 31.4. The Labute approximate surface area is 253 Å². The van der Waals surface area contributed by atoms with E-state index in [4.69, 9.17) is 0 Å². The quantitative estimate of drug-likeness (QED) is 0.233. The van der Waals surface area contributed by atoms with Gasteiger partial charge in [-0.15, -0.1) is 0 Å². The number of carbonyl (C=O) groups is 2. The maximum atomic E-state index is 14.4. The van der Waals surface area contributed by atoms with E-state index >= 15 is 0 Å². The highest BCUT2D eigenvalue weighted by Crippen LogP contribution is 2.25. The lowest BCUT2D eigenvalue weighted by molar-refractivity contribution is -0.140. The number of aryl methyl sites for hydroxylation is 1. The van der Waals surface area contributed by atoms with Gasteiger partial charge < -0.3 is 10.2 Å². The molecule has 9 heteroatoms. The molecule has 0 aliphatic carbocycles. The summed E-state index contributed by atoms with van der Waals surface area (Å²) in [5.41, 5.74) is 2.72. The van der Waals surface area contributed by atoms with E-state index in [0.29, 0.717) is 0 Å². The van der Waals surface area contributed by atoms with Crippen LogP contribution in [0, 0.1) is 12.7 Å². The minimum atomic E-state index is -4.24. The fourth-order valence-corrected chi connectivity index (χ4v) is 6.20. The Bertz CT molecular complexity index is 1630. The largest absolute Gasteiger partial charge is 0.352 e. The van der Waals surface area contributed by atoms with Crippen LogP contribution in [-0.2, 0) is 32.6 Å². The second-order valence-corrected chi connectivity index (χ2v) is 12.5. The van der Waals surface area contributed by atoms with E-state index in [1.807, 2.05) is 75.4 Å². The summed E-state index contributed by atoms with van der Waals surface area (Å²) < 4.78 is 42.6. The number of benzene rings is 4. The molecule has 0 heterocycles. The standard InChI is InChI=1S/C34H36FN3O4S/c1-25(2)36-34(40)32(22-27-13-6-4-7-14-27)37(23-28-15-11-10-12-26(28)3)33(39)24-38(30-20-18-29(35)19-21-30)43(41,42)31-16-8-5-9-17-31/h4-21,25,32H,22-24H2,1-3H3,(H,36,40)/t32-/m1/s1. The van der Waals surface area contributed by atoms with Crippen molar-refractivity contribution in [1.29, 1.82) is 0 Å². The first-order chi connectivity index (χ1) is 20.6. The topological polar surface area (TPSA) is 86.8 Å². The highest BCUT2D eigenvalue weighted by Gasteiger charge is 2.35. The zero-order chi connectivity index (χ0) is 31.0. The van der Waals surface area contributed by atoms with Gasteiger partial charge in [-0.25, -0.2) is 12.8 Å². The molecule has 4 aromatic rings. The Morgan fingerprint density at radius 3 is 2.00 bits per heavy atom. The van der Waals surface area contributed by atoms with Gasteiger partial charge in [0.05, 0.1) is 10.6 Å². The summed E-state index contributed by atoms with van der Waals surface area (Å²) in [6, 6.07) is 28.5. The fraction of sp³-hybridized carbons (Fsp3) is 0.235. The molecular weight excluding hydrogens is 565 g/mol. The van der Waals surface area contributed by atoms with Crippen LogP contribution < -0.4 is 9.62 Å². The minimum absolute atomic E-state index is 0.0176. The van der Waals surface area contributed by atoms with E-state index in [-0.39, 0.29) is 35.5 Å². The molecule has 0 saturated heterocycles. The number of nitrogens with one attached hydrogen (secondary N) is 1. The molecule has 0 bridgehead atoms. The van der Waals surface area contributed by atoms with Crippen molar-refractivity contribution in [3.8, 4) is 0 Å². The molecule has 0 unspecified atom stereocenters. The number of sulfonamides is 1. The zero-order valence-electron chi connectivity index (χ0n) is 24.5. The maximum Gasteiger partial charge on any atom is 0.264 e. The third kappa shape index (κ3) is 8.08. The Balaban J connectivity index is 1.80. The first-order valence-electron chi connectivity index (χ1n) is 14.1. The van der Waals surface area contributed by atoms with E-state index in [1.165, 1.54) is 29.2 Å². The van der Waals surface area contributed by atoms with Gasteiger partial charge in [0.15, 0.2) is 0 Å². The smallest absolute Gasteiger partial charge is 0.264 e.